The summed E-state index contributed by atoms with van der Waals surface area (Å²) in [5.74, 6) is -1.70. The van der Waals surface area contributed by atoms with Gasteiger partial charge in [-0.15, -0.1) is 11.6 Å². The van der Waals surface area contributed by atoms with Crippen LogP contribution in [0, 0.1) is 5.92 Å². The topological polar surface area (TPSA) is 316 Å². The summed E-state index contributed by atoms with van der Waals surface area (Å²) in [6.45, 7) is 10.5. The van der Waals surface area contributed by atoms with Crippen molar-refractivity contribution in [3.63, 3.8) is 0 Å². The second kappa shape index (κ2) is 40.9. The van der Waals surface area contributed by atoms with Crippen LogP contribution in [0.2, 0.25) is 0 Å². The number of methoxy groups -OCH3 is 1. The molecule has 0 spiro atoms. The van der Waals surface area contributed by atoms with Crippen LogP contribution < -0.4 is 42.0 Å². The molecule has 0 fully saturated rings. The molecule has 1 aliphatic heterocycles. The zero-order valence-electron chi connectivity index (χ0n) is 49.8. The zero-order chi connectivity index (χ0) is 62.6. The third kappa shape index (κ3) is 26.3. The highest BCUT2D eigenvalue weighted by Gasteiger charge is 2.34. The van der Waals surface area contributed by atoms with Crippen molar-refractivity contribution in [1.29, 1.82) is 0 Å². The molecule has 0 aromatic heterocycles. The van der Waals surface area contributed by atoms with Gasteiger partial charge in [-0.2, -0.15) is 0 Å². The molecule has 0 unspecified atom stereocenters. The molecule has 26 nitrogen and oxygen atoms in total. The van der Waals surface area contributed by atoms with Gasteiger partial charge in [-0.05, 0) is 47.4 Å². The Morgan fingerprint density at radius 3 is 1.90 bits per heavy atom. The number of primary amides is 1. The monoisotopic (exact) mass is 1290 g/mol. The van der Waals surface area contributed by atoms with Crippen molar-refractivity contribution in [2.24, 2.45) is 11.7 Å². The van der Waals surface area contributed by atoms with Gasteiger partial charge in [0.1, 0.15) is 24.4 Å². The molecule has 3 atom stereocenters. The summed E-state index contributed by atoms with van der Waals surface area (Å²) < 4.78 is 49.7. The summed E-state index contributed by atoms with van der Waals surface area (Å²) in [6, 6.07) is 12.9. The number of nitrogens with one attached hydrogen (secondary N) is 5. The minimum absolute atomic E-state index is 0.0328. The fourth-order valence-electron chi connectivity index (χ4n) is 8.61. The lowest BCUT2D eigenvalue weighted by Crippen LogP contribution is -2.54. The van der Waals surface area contributed by atoms with Crippen molar-refractivity contribution in [2.75, 3.05) is 161 Å². The number of nitrogens with two attached hydrogens (primary N) is 1. The number of anilines is 2. The lowest BCUT2D eigenvalue weighted by atomic mass is 9.95. The largest absolute Gasteiger partial charge is 0.445 e. The van der Waals surface area contributed by atoms with Crippen LogP contribution in [0.5, 0.6) is 5.75 Å². The van der Waals surface area contributed by atoms with Crippen molar-refractivity contribution in [1.82, 2.24) is 31.1 Å². The molecule has 0 bridgehead atoms. The fourth-order valence-corrected chi connectivity index (χ4v) is 9.06. The first-order chi connectivity index (χ1) is 41.5. The maximum Gasteiger partial charge on any atom is 0.415 e. The van der Waals surface area contributed by atoms with E-state index in [4.69, 9.17) is 60.0 Å². The highest BCUT2D eigenvalue weighted by Crippen LogP contribution is 2.45. The van der Waals surface area contributed by atoms with Gasteiger partial charge in [0.25, 0.3) is 0 Å². The Bertz CT molecular complexity index is 2610. The van der Waals surface area contributed by atoms with Crippen LogP contribution in [0.4, 0.5) is 25.8 Å². The molecule has 0 aliphatic carbocycles. The number of alkyl halides is 2. The molecular formula is C58H85BrClN9O17. The van der Waals surface area contributed by atoms with Crippen LogP contribution in [-0.2, 0) is 68.5 Å². The number of urea groups is 1. The molecule has 1 aliphatic rings. The Labute approximate surface area is 515 Å². The van der Waals surface area contributed by atoms with Gasteiger partial charge in [-0.1, -0.05) is 66.2 Å². The maximum atomic E-state index is 13.8. The molecule has 478 valence electrons. The fraction of sp³-hybridized carbons (Fsp3) is 0.586. The van der Waals surface area contributed by atoms with E-state index in [1.807, 2.05) is 24.3 Å². The van der Waals surface area contributed by atoms with Crippen LogP contribution in [0.3, 0.4) is 0 Å². The van der Waals surface area contributed by atoms with Gasteiger partial charge in [0.05, 0.1) is 96.9 Å². The predicted molar refractivity (Wildman–Crippen MR) is 325 cm³/mol. The summed E-state index contributed by atoms with van der Waals surface area (Å²) in [6.07, 6.45) is -0.985. The van der Waals surface area contributed by atoms with Gasteiger partial charge in [-0.3, -0.25) is 24.0 Å². The molecule has 86 heavy (non-hydrogen) atoms. The number of carbonyl (C=O) groups excluding carboxylic acids is 8. The third-order valence-corrected chi connectivity index (χ3v) is 14.1. The molecule has 1 heterocycles. The average Bonchev–Trinajstić information content (AvgIpc) is 1.61. The number of hydrogen-bond donors (Lipinski definition) is 6. The molecule has 0 saturated carbocycles. The molecule has 0 saturated heterocycles. The van der Waals surface area contributed by atoms with Crippen molar-refractivity contribution >= 4 is 97.4 Å². The van der Waals surface area contributed by atoms with Crippen LogP contribution in [0.15, 0.2) is 54.6 Å². The molecule has 9 amide bonds. The second-order valence-corrected chi connectivity index (χ2v) is 20.9. The van der Waals surface area contributed by atoms with Crippen molar-refractivity contribution in [3.05, 3.63) is 65.7 Å². The standard InChI is InChI=1S/C58H85BrClN9O17/c1-40(2)53(66-50(71)16-22-79-25-27-81-29-31-83-33-34-84-32-30-82-28-26-80-23-18-62-51(72)36-59)55(74)65-47(11-8-17-63-56(61)75)54(73)64-44-14-12-42(13-15-44)39-85-57(76)67(4)19-20-68(21-24-78-5)58(77)86-49-35-48-52(46-10-7-6-9-45(46)49)43(37-60)38-69(48)41(3)70/h6-7,9-10,12-15,35,40,43,47,53H,8,11,16-34,36-39H2,1-5H3,(H,62,72)(H,64,73)(H,65,74)(H,66,71)(H3,61,63,75)/t43-,47+,53+/m1/s1. The predicted octanol–water partition coefficient (Wildman–Crippen LogP) is 4.26. The molecule has 4 rings (SSSR count). The minimum atomic E-state index is -1.08. The SMILES string of the molecule is COCCN(CCN(C)C(=O)OCc1ccc(NC(=O)[C@H](CCCNC(N)=O)NC(=O)[C@@H](NC(=O)CCOCCOCCOCCOCCOCCOCCNC(=O)CBr)C(C)C)cc1)C(=O)Oc1cc2c(c3ccccc13)[C@H](CCl)CN2C(C)=O. The Hall–Kier alpha value is -6.43. The zero-order valence-corrected chi connectivity index (χ0v) is 52.1. The van der Waals surface area contributed by atoms with Crippen LogP contribution in [0.25, 0.3) is 10.8 Å². The van der Waals surface area contributed by atoms with E-state index in [1.54, 1.807) is 49.1 Å². The van der Waals surface area contributed by atoms with Gasteiger partial charge >= 0.3 is 18.2 Å². The van der Waals surface area contributed by atoms with E-state index in [0.29, 0.717) is 101 Å². The van der Waals surface area contributed by atoms with Crippen LogP contribution in [0.1, 0.15) is 57.1 Å². The number of nitrogens with zero attached hydrogens (tertiary/aromatic N) is 3. The summed E-state index contributed by atoms with van der Waals surface area (Å²) in [5.41, 5.74) is 7.76. The molecule has 28 heteroatoms. The van der Waals surface area contributed by atoms with E-state index in [1.165, 1.54) is 30.9 Å². The normalized spacial score (nSPS) is 13.3. The summed E-state index contributed by atoms with van der Waals surface area (Å²) in [4.78, 5) is 107. The minimum Gasteiger partial charge on any atom is -0.445 e. The lowest BCUT2D eigenvalue weighted by Gasteiger charge is -2.25. The van der Waals surface area contributed by atoms with Gasteiger partial charge in [0.15, 0.2) is 0 Å². The Morgan fingerprint density at radius 2 is 1.33 bits per heavy atom. The highest BCUT2D eigenvalue weighted by molar-refractivity contribution is 9.09. The Morgan fingerprint density at radius 1 is 0.721 bits per heavy atom. The summed E-state index contributed by atoms with van der Waals surface area (Å²) in [5, 5.41) is 15.2. The number of benzene rings is 3. The number of ether oxygens (including phenoxy) is 9. The summed E-state index contributed by atoms with van der Waals surface area (Å²) in [7, 11) is 3.04. The number of carbonyl (C=O) groups is 8. The van der Waals surface area contributed by atoms with E-state index in [9.17, 15) is 38.4 Å². The van der Waals surface area contributed by atoms with E-state index in [2.05, 4.69) is 42.5 Å². The molecule has 0 radical (unpaired) electrons. The number of fused-ring (bicyclic) bond motifs is 3. The molecular weight excluding hydrogens is 1210 g/mol. The molecule has 3 aromatic rings. The first kappa shape index (κ1) is 72.0. The average molecular weight is 1300 g/mol. The first-order valence-corrected chi connectivity index (χ1v) is 30.2. The van der Waals surface area contributed by atoms with Gasteiger partial charge in [-0.25, -0.2) is 14.4 Å². The van der Waals surface area contributed by atoms with E-state index in [-0.39, 0.29) is 113 Å². The summed E-state index contributed by atoms with van der Waals surface area (Å²) >= 11 is 9.42. The van der Waals surface area contributed by atoms with Crippen molar-refractivity contribution in [2.45, 2.75) is 64.6 Å². The van der Waals surface area contributed by atoms with Gasteiger partial charge in [0, 0.05) is 95.7 Å². The van der Waals surface area contributed by atoms with Crippen LogP contribution in [-0.4, -0.2) is 220 Å². The van der Waals surface area contributed by atoms with E-state index < -0.39 is 48.0 Å². The number of hydrogen-bond acceptors (Lipinski definition) is 17. The first-order valence-electron chi connectivity index (χ1n) is 28.5. The number of halogens is 2. The Balaban J connectivity index is 1.17. The number of amides is 9. The van der Waals surface area contributed by atoms with Crippen LogP contribution >= 0.6 is 27.5 Å². The van der Waals surface area contributed by atoms with E-state index >= 15 is 0 Å². The highest BCUT2D eigenvalue weighted by atomic mass is 79.9. The quantitative estimate of drug-likeness (QED) is 0.0341. The lowest BCUT2D eigenvalue weighted by molar-refractivity contribution is -0.132. The van der Waals surface area contributed by atoms with E-state index in [0.717, 1.165) is 10.9 Å². The Kier molecular flexibility index (Phi) is 34.2. The number of rotatable bonds is 42. The van der Waals surface area contributed by atoms with Crippen molar-refractivity contribution in [3.8, 4) is 5.75 Å². The van der Waals surface area contributed by atoms with Gasteiger partial charge < -0.3 is 89.6 Å². The van der Waals surface area contributed by atoms with Gasteiger partial charge in [0.2, 0.25) is 29.5 Å². The second-order valence-electron chi connectivity index (χ2n) is 20.0. The maximum absolute atomic E-state index is 13.8. The molecule has 3 aromatic carbocycles. The number of likely N-dealkylation sites (N-methyl/N-ethyl adjacent to an activating group) is 1. The smallest absolute Gasteiger partial charge is 0.415 e. The van der Waals surface area contributed by atoms with Crippen molar-refractivity contribution < 1.29 is 81.0 Å². The molecule has 7 N–H and O–H groups in total. The third-order valence-electron chi connectivity index (χ3n) is 13.2.